The van der Waals surface area contributed by atoms with Crippen molar-refractivity contribution in [3.05, 3.63) is 24.5 Å². The van der Waals surface area contributed by atoms with Crippen LogP contribution < -0.4 is 5.32 Å². The van der Waals surface area contributed by atoms with Gasteiger partial charge in [-0.05, 0) is 36.8 Å². The molecule has 2 aromatic heterocycles. The van der Waals surface area contributed by atoms with Gasteiger partial charge in [-0.3, -0.25) is 4.98 Å². The number of pyridine rings is 1. The Morgan fingerprint density at radius 1 is 1.32 bits per heavy atom. The predicted molar refractivity (Wildman–Crippen MR) is 72.7 cm³/mol. The maximum Gasteiger partial charge on any atom is 0.221 e. The molecule has 0 saturated heterocycles. The molecule has 1 atom stereocenters. The van der Waals surface area contributed by atoms with Gasteiger partial charge in [0.15, 0.2) is 5.82 Å². The smallest absolute Gasteiger partial charge is 0.221 e. The average Bonchev–Trinajstić information content (AvgIpc) is 3.05. The van der Waals surface area contributed by atoms with E-state index in [1.807, 2.05) is 12.1 Å². The first-order valence-electron chi connectivity index (χ1n) is 6.87. The van der Waals surface area contributed by atoms with Crippen LogP contribution in [0.5, 0.6) is 0 Å². The van der Waals surface area contributed by atoms with Crippen molar-refractivity contribution in [1.29, 1.82) is 0 Å². The summed E-state index contributed by atoms with van der Waals surface area (Å²) in [7, 11) is 0. The number of aromatic nitrogens is 4. The van der Waals surface area contributed by atoms with Crippen molar-refractivity contribution >= 4 is 5.95 Å². The molecule has 19 heavy (non-hydrogen) atoms. The van der Waals surface area contributed by atoms with Crippen LogP contribution >= 0.6 is 0 Å². The zero-order chi connectivity index (χ0) is 12.9. The lowest BCUT2D eigenvalue weighted by Crippen LogP contribution is -2.29. The van der Waals surface area contributed by atoms with Gasteiger partial charge in [-0.25, -0.2) is 4.68 Å². The molecule has 1 N–H and O–H groups in total. The topological polar surface area (TPSA) is 55.6 Å². The lowest BCUT2D eigenvalue weighted by atomic mass is 9.95. The lowest BCUT2D eigenvalue weighted by molar-refractivity contribution is 0.284. The molecule has 3 heterocycles. The van der Waals surface area contributed by atoms with Crippen molar-refractivity contribution in [2.75, 3.05) is 11.9 Å². The van der Waals surface area contributed by atoms with Gasteiger partial charge in [0.05, 0.1) is 6.04 Å². The van der Waals surface area contributed by atoms with Gasteiger partial charge in [-0.2, -0.15) is 4.98 Å². The van der Waals surface area contributed by atoms with E-state index in [0.29, 0.717) is 11.5 Å². The standard InChI is InChI=1S/C14H17N5/c1-14(5-6-14)11-4-9-16-13-17-12(18-19(11)13)10-2-7-15-8-3-10/h2-3,7-8,11H,4-6,9H2,1H3,(H,16,17,18). The van der Waals surface area contributed by atoms with Gasteiger partial charge in [-0.1, -0.05) is 6.92 Å². The largest absolute Gasteiger partial charge is 0.354 e. The summed E-state index contributed by atoms with van der Waals surface area (Å²) in [6.07, 6.45) is 7.32. The molecular formula is C14H17N5. The Kier molecular flexibility index (Phi) is 2.19. The van der Waals surface area contributed by atoms with Crippen LogP contribution in [-0.2, 0) is 0 Å². The van der Waals surface area contributed by atoms with E-state index in [1.54, 1.807) is 12.4 Å². The zero-order valence-electron chi connectivity index (χ0n) is 11.0. The third-order valence-corrected chi connectivity index (χ3v) is 4.41. The van der Waals surface area contributed by atoms with Gasteiger partial charge in [0.1, 0.15) is 0 Å². The van der Waals surface area contributed by atoms with E-state index in [2.05, 4.69) is 26.9 Å². The number of anilines is 1. The molecule has 0 bridgehead atoms. The summed E-state index contributed by atoms with van der Waals surface area (Å²) >= 11 is 0. The van der Waals surface area contributed by atoms with Crippen molar-refractivity contribution in [3.63, 3.8) is 0 Å². The fourth-order valence-electron chi connectivity index (χ4n) is 2.90. The summed E-state index contributed by atoms with van der Waals surface area (Å²) in [5, 5.41) is 8.08. The summed E-state index contributed by atoms with van der Waals surface area (Å²) < 4.78 is 2.10. The summed E-state index contributed by atoms with van der Waals surface area (Å²) in [6, 6.07) is 4.40. The Bertz CT molecular complexity index is 600. The van der Waals surface area contributed by atoms with Crippen LogP contribution in [-0.4, -0.2) is 26.3 Å². The molecule has 1 aliphatic carbocycles. The first-order chi connectivity index (χ1) is 9.26. The van der Waals surface area contributed by atoms with Gasteiger partial charge in [0.2, 0.25) is 5.95 Å². The molecule has 4 rings (SSSR count). The van der Waals surface area contributed by atoms with Gasteiger partial charge in [-0.15, -0.1) is 5.10 Å². The Balaban J connectivity index is 1.76. The molecule has 0 radical (unpaired) electrons. The van der Waals surface area contributed by atoms with Crippen LogP contribution in [0.2, 0.25) is 0 Å². The maximum atomic E-state index is 4.72. The predicted octanol–water partition coefficient (Wildman–Crippen LogP) is 2.50. The highest BCUT2D eigenvalue weighted by molar-refractivity contribution is 5.55. The molecule has 1 unspecified atom stereocenters. The highest BCUT2D eigenvalue weighted by Crippen LogP contribution is 2.56. The maximum absolute atomic E-state index is 4.72. The molecule has 1 aliphatic heterocycles. The van der Waals surface area contributed by atoms with E-state index < -0.39 is 0 Å². The molecule has 2 aliphatic rings. The highest BCUT2D eigenvalue weighted by Gasteiger charge is 2.47. The number of rotatable bonds is 2. The minimum absolute atomic E-state index is 0.431. The first kappa shape index (κ1) is 11.0. The molecule has 98 valence electrons. The molecule has 0 spiro atoms. The highest BCUT2D eigenvalue weighted by atomic mass is 15.4. The molecule has 5 heteroatoms. The van der Waals surface area contributed by atoms with Crippen molar-refractivity contribution in [2.24, 2.45) is 5.41 Å². The van der Waals surface area contributed by atoms with Crippen LogP contribution in [0, 0.1) is 5.41 Å². The first-order valence-corrected chi connectivity index (χ1v) is 6.87. The Hall–Kier alpha value is -1.91. The summed E-state index contributed by atoms with van der Waals surface area (Å²) in [4.78, 5) is 8.66. The van der Waals surface area contributed by atoms with Crippen molar-refractivity contribution < 1.29 is 0 Å². The van der Waals surface area contributed by atoms with Crippen LogP contribution in [0.3, 0.4) is 0 Å². The summed E-state index contributed by atoms with van der Waals surface area (Å²) in [6.45, 7) is 3.36. The fraction of sp³-hybridized carbons (Fsp3) is 0.500. The number of nitrogens with one attached hydrogen (secondary N) is 1. The van der Waals surface area contributed by atoms with E-state index in [0.717, 1.165) is 30.3 Å². The molecular weight excluding hydrogens is 238 g/mol. The second kappa shape index (κ2) is 3.79. The molecule has 0 amide bonds. The number of fused-ring (bicyclic) bond motifs is 1. The van der Waals surface area contributed by atoms with Gasteiger partial charge in [0, 0.05) is 24.5 Å². The minimum atomic E-state index is 0.431. The van der Waals surface area contributed by atoms with Crippen LogP contribution in [0.1, 0.15) is 32.2 Å². The van der Waals surface area contributed by atoms with E-state index >= 15 is 0 Å². The number of hydrogen-bond donors (Lipinski definition) is 1. The van der Waals surface area contributed by atoms with E-state index in [9.17, 15) is 0 Å². The third-order valence-electron chi connectivity index (χ3n) is 4.41. The van der Waals surface area contributed by atoms with Crippen molar-refractivity contribution in [2.45, 2.75) is 32.2 Å². The summed E-state index contributed by atoms with van der Waals surface area (Å²) in [5.74, 6) is 1.71. The van der Waals surface area contributed by atoms with E-state index in [1.165, 1.54) is 12.8 Å². The monoisotopic (exact) mass is 255 g/mol. The number of hydrogen-bond acceptors (Lipinski definition) is 4. The van der Waals surface area contributed by atoms with Crippen molar-refractivity contribution in [1.82, 2.24) is 19.7 Å². The van der Waals surface area contributed by atoms with Gasteiger partial charge in [0.25, 0.3) is 0 Å². The molecule has 5 nitrogen and oxygen atoms in total. The van der Waals surface area contributed by atoms with Crippen LogP contribution in [0.25, 0.3) is 11.4 Å². The minimum Gasteiger partial charge on any atom is -0.354 e. The zero-order valence-corrected chi connectivity index (χ0v) is 11.0. The molecule has 2 aromatic rings. The normalized spacial score (nSPS) is 23.5. The Labute approximate surface area is 112 Å². The average molecular weight is 255 g/mol. The molecule has 0 aromatic carbocycles. The Morgan fingerprint density at radius 2 is 2.11 bits per heavy atom. The molecule has 1 fully saturated rings. The summed E-state index contributed by atoms with van der Waals surface area (Å²) in [5.41, 5.74) is 1.46. The molecule has 1 saturated carbocycles. The van der Waals surface area contributed by atoms with E-state index in [4.69, 9.17) is 5.10 Å². The second-order valence-electron chi connectivity index (χ2n) is 5.82. The SMILES string of the molecule is CC1(C2CCNc3nc(-c4ccncc4)nn32)CC1. The number of nitrogens with zero attached hydrogens (tertiary/aromatic N) is 4. The lowest BCUT2D eigenvalue weighted by Gasteiger charge is -2.29. The fourth-order valence-corrected chi connectivity index (χ4v) is 2.90. The quantitative estimate of drug-likeness (QED) is 0.895. The second-order valence-corrected chi connectivity index (χ2v) is 5.82. The van der Waals surface area contributed by atoms with Gasteiger partial charge >= 0.3 is 0 Å². The van der Waals surface area contributed by atoms with Crippen LogP contribution in [0.15, 0.2) is 24.5 Å². The van der Waals surface area contributed by atoms with Crippen LogP contribution in [0.4, 0.5) is 5.95 Å². The van der Waals surface area contributed by atoms with Crippen molar-refractivity contribution in [3.8, 4) is 11.4 Å². The Morgan fingerprint density at radius 3 is 2.84 bits per heavy atom. The van der Waals surface area contributed by atoms with E-state index in [-0.39, 0.29) is 0 Å². The third kappa shape index (κ3) is 1.72. The van der Waals surface area contributed by atoms with Gasteiger partial charge < -0.3 is 5.32 Å².